The van der Waals surface area contributed by atoms with Gasteiger partial charge in [0.05, 0.1) is 25.3 Å². The molecule has 236 valence electrons. The number of benzene rings is 1. The maximum Gasteiger partial charge on any atom is 0.334 e. The van der Waals surface area contributed by atoms with Gasteiger partial charge in [0.1, 0.15) is 5.41 Å². The Bertz CT molecular complexity index is 1520. The number of nitrogens with one attached hydrogen (secondary N) is 3. The van der Waals surface area contributed by atoms with E-state index in [1.54, 1.807) is 12.1 Å². The van der Waals surface area contributed by atoms with E-state index in [1.165, 1.54) is 19.4 Å². The summed E-state index contributed by atoms with van der Waals surface area (Å²) in [5.41, 5.74) is -1.70. The van der Waals surface area contributed by atoms with Crippen molar-refractivity contribution in [2.45, 2.75) is 93.9 Å². The number of esters is 1. The number of ether oxygens (including phenoxy) is 2. The zero-order valence-corrected chi connectivity index (χ0v) is 26.7. The number of fused-ring (bicyclic) bond motifs is 3. The van der Waals surface area contributed by atoms with E-state index in [4.69, 9.17) is 32.7 Å². The minimum Gasteiger partial charge on any atom is -0.467 e. The molecular weight excluding hydrogens is 610 g/mol. The number of halogens is 3. The second-order valence-electron chi connectivity index (χ2n) is 13.7. The third-order valence-corrected chi connectivity index (χ3v) is 10.9. The number of nitrogens with zero attached hydrogens (tertiary/aromatic N) is 1. The summed E-state index contributed by atoms with van der Waals surface area (Å²) in [6, 6.07) is 5.72. The maximum absolute atomic E-state index is 16.1. The van der Waals surface area contributed by atoms with Crippen molar-refractivity contribution >= 4 is 46.7 Å². The molecule has 1 unspecified atom stereocenters. The van der Waals surface area contributed by atoms with E-state index < -0.39 is 52.3 Å². The standard InChI is InChI=1S/C32H37Cl2FN4O5/c1-29(2)10-12-31(13-11-29)32(19-6-5-17(33)15-20(19)37-28(32)42)22(18-8-14-36-25(34)23(18)35)24(38-31)26(40)39-30(3)9-7-21(44-16-30)27(41)43-4/h5-6,8,14-15,21-22,24,38H,7,9-13,16H2,1-4H3,(H,37,42)(H,39,40)/t21-,22-,24+,30?,32+/m0/s1. The smallest absolute Gasteiger partial charge is 0.334 e. The highest BCUT2D eigenvalue weighted by Crippen LogP contribution is 2.64. The Balaban J connectivity index is 1.48. The second-order valence-corrected chi connectivity index (χ2v) is 14.5. The van der Waals surface area contributed by atoms with E-state index in [-0.39, 0.29) is 28.6 Å². The van der Waals surface area contributed by atoms with Crippen LogP contribution in [0.4, 0.5) is 10.1 Å². The highest BCUT2D eigenvalue weighted by Gasteiger charge is 2.73. The first-order chi connectivity index (χ1) is 20.8. The Morgan fingerprint density at radius 3 is 2.50 bits per heavy atom. The van der Waals surface area contributed by atoms with Crippen LogP contribution in [-0.2, 0) is 29.3 Å². The summed E-state index contributed by atoms with van der Waals surface area (Å²) in [5.74, 6) is -2.93. The van der Waals surface area contributed by atoms with Gasteiger partial charge in [0.25, 0.3) is 0 Å². The lowest BCUT2D eigenvalue weighted by molar-refractivity contribution is -0.160. The summed E-state index contributed by atoms with van der Waals surface area (Å²) in [7, 11) is 1.31. The van der Waals surface area contributed by atoms with Crippen molar-refractivity contribution in [3.8, 4) is 0 Å². The van der Waals surface area contributed by atoms with Crippen molar-refractivity contribution in [2.24, 2.45) is 5.41 Å². The van der Waals surface area contributed by atoms with Gasteiger partial charge in [0, 0.05) is 28.4 Å². The van der Waals surface area contributed by atoms with Crippen LogP contribution in [0.5, 0.6) is 0 Å². The van der Waals surface area contributed by atoms with Gasteiger partial charge in [-0.3, -0.25) is 14.9 Å². The first-order valence-corrected chi connectivity index (χ1v) is 15.7. The number of carbonyl (C=O) groups is 3. The Kier molecular flexibility index (Phi) is 7.75. The monoisotopic (exact) mass is 646 g/mol. The lowest BCUT2D eigenvalue weighted by atomic mass is 9.53. The molecule has 2 aromatic rings. The molecule has 4 heterocycles. The fourth-order valence-electron chi connectivity index (χ4n) is 8.01. The molecule has 1 aliphatic carbocycles. The molecule has 0 bridgehead atoms. The summed E-state index contributed by atoms with van der Waals surface area (Å²) in [5, 5.41) is 9.94. The van der Waals surface area contributed by atoms with Crippen LogP contribution in [0.15, 0.2) is 30.5 Å². The van der Waals surface area contributed by atoms with E-state index in [0.717, 1.165) is 12.8 Å². The first kappa shape index (κ1) is 31.2. The Hall–Kier alpha value is -2.79. The Labute approximate surface area is 265 Å². The van der Waals surface area contributed by atoms with Gasteiger partial charge in [-0.1, -0.05) is 43.1 Å². The fraction of sp³-hybridized carbons (Fsp3) is 0.562. The topological polar surface area (TPSA) is 119 Å². The van der Waals surface area contributed by atoms with E-state index in [9.17, 15) is 14.4 Å². The average molecular weight is 648 g/mol. The van der Waals surface area contributed by atoms with Gasteiger partial charge in [-0.05, 0) is 80.2 Å². The minimum absolute atomic E-state index is 0.0240. The molecule has 3 N–H and O–H groups in total. The number of amides is 2. The number of rotatable bonds is 4. The van der Waals surface area contributed by atoms with Crippen LogP contribution in [0.3, 0.4) is 0 Å². The van der Waals surface area contributed by atoms with E-state index in [2.05, 4.69) is 34.8 Å². The van der Waals surface area contributed by atoms with Crippen molar-refractivity contribution < 1.29 is 28.2 Å². The summed E-state index contributed by atoms with van der Waals surface area (Å²) in [4.78, 5) is 45.0. The van der Waals surface area contributed by atoms with Crippen molar-refractivity contribution in [3.05, 3.63) is 57.6 Å². The first-order valence-electron chi connectivity index (χ1n) is 15.0. The molecular formula is C32H37Cl2FN4O5. The molecule has 1 aromatic carbocycles. The lowest BCUT2D eigenvalue weighted by Crippen LogP contribution is -2.62. The molecule has 1 aromatic heterocycles. The molecule has 6 rings (SSSR count). The van der Waals surface area contributed by atoms with Crippen LogP contribution in [0.25, 0.3) is 0 Å². The molecule has 12 heteroatoms. The zero-order chi connectivity index (χ0) is 31.7. The molecule has 9 nitrogen and oxygen atoms in total. The molecule has 2 amide bonds. The number of hydrogen-bond acceptors (Lipinski definition) is 7. The van der Waals surface area contributed by atoms with Crippen molar-refractivity contribution in [2.75, 3.05) is 19.0 Å². The van der Waals surface area contributed by atoms with Crippen LogP contribution < -0.4 is 16.0 Å². The summed E-state index contributed by atoms with van der Waals surface area (Å²) in [6.07, 6.45) is 4.25. The van der Waals surface area contributed by atoms with Crippen molar-refractivity contribution in [3.63, 3.8) is 0 Å². The summed E-state index contributed by atoms with van der Waals surface area (Å²) >= 11 is 12.6. The third kappa shape index (κ3) is 4.80. The van der Waals surface area contributed by atoms with Gasteiger partial charge in [-0.2, -0.15) is 0 Å². The van der Waals surface area contributed by atoms with Crippen LogP contribution in [-0.4, -0.2) is 59.7 Å². The van der Waals surface area contributed by atoms with Crippen molar-refractivity contribution in [1.82, 2.24) is 15.6 Å². The average Bonchev–Trinajstić information content (AvgIpc) is 3.44. The van der Waals surface area contributed by atoms with Crippen LogP contribution in [0.1, 0.15) is 76.3 Å². The lowest BCUT2D eigenvalue weighted by Gasteiger charge is -2.50. The van der Waals surface area contributed by atoms with Gasteiger partial charge < -0.3 is 20.1 Å². The third-order valence-electron chi connectivity index (χ3n) is 10.4. The van der Waals surface area contributed by atoms with Crippen LogP contribution >= 0.6 is 23.2 Å². The highest BCUT2D eigenvalue weighted by molar-refractivity contribution is 6.31. The predicted molar refractivity (Wildman–Crippen MR) is 163 cm³/mol. The normalized spacial score (nSPS) is 31.9. The quantitative estimate of drug-likeness (QED) is 0.315. The zero-order valence-electron chi connectivity index (χ0n) is 25.2. The molecule has 4 aliphatic rings. The van der Waals surface area contributed by atoms with Gasteiger partial charge in [-0.25, -0.2) is 14.2 Å². The number of hydrogen-bond donors (Lipinski definition) is 3. The number of anilines is 1. The Morgan fingerprint density at radius 1 is 1.11 bits per heavy atom. The van der Waals surface area contributed by atoms with Crippen LogP contribution in [0.2, 0.25) is 10.2 Å². The number of aromatic nitrogens is 1. The van der Waals surface area contributed by atoms with Gasteiger partial charge in [0.15, 0.2) is 17.1 Å². The molecule has 3 aliphatic heterocycles. The van der Waals surface area contributed by atoms with Gasteiger partial charge in [0.2, 0.25) is 11.8 Å². The number of carbonyl (C=O) groups excluding carboxylic acids is 3. The maximum atomic E-state index is 16.1. The minimum atomic E-state index is -1.36. The van der Waals surface area contributed by atoms with E-state index in [0.29, 0.717) is 42.0 Å². The summed E-state index contributed by atoms with van der Waals surface area (Å²) < 4.78 is 26.7. The molecule has 0 radical (unpaired) electrons. The summed E-state index contributed by atoms with van der Waals surface area (Å²) in [6.45, 7) is 6.32. The Morgan fingerprint density at radius 2 is 1.84 bits per heavy atom. The van der Waals surface area contributed by atoms with Gasteiger partial charge in [-0.15, -0.1) is 0 Å². The second kappa shape index (κ2) is 10.9. The molecule has 5 atom stereocenters. The van der Waals surface area contributed by atoms with Gasteiger partial charge >= 0.3 is 5.97 Å². The number of methoxy groups -OCH3 is 1. The van der Waals surface area contributed by atoms with Crippen molar-refractivity contribution in [1.29, 1.82) is 0 Å². The largest absolute Gasteiger partial charge is 0.467 e. The SMILES string of the molecule is COC(=O)[C@@H]1CCC(C)(NC(=O)[C@@H]2NC3(CCC(C)(C)CC3)[C@@]3(C(=O)Nc4cc(Cl)ccc43)[C@H]2c2ccnc(Cl)c2F)CO1. The van der Waals surface area contributed by atoms with E-state index >= 15 is 4.39 Å². The molecule has 2 spiro atoms. The van der Waals surface area contributed by atoms with Crippen LogP contribution in [0, 0.1) is 11.2 Å². The van der Waals surface area contributed by atoms with E-state index in [1.807, 2.05) is 13.0 Å². The molecule has 3 fully saturated rings. The number of pyridine rings is 1. The predicted octanol–water partition coefficient (Wildman–Crippen LogP) is 5.04. The molecule has 44 heavy (non-hydrogen) atoms. The molecule has 2 saturated heterocycles. The highest BCUT2D eigenvalue weighted by atomic mass is 35.5. The molecule has 1 saturated carbocycles. The fourth-order valence-corrected chi connectivity index (χ4v) is 8.35.